The van der Waals surface area contributed by atoms with Gasteiger partial charge in [0.05, 0.1) is 5.54 Å². The van der Waals surface area contributed by atoms with Gasteiger partial charge >= 0.3 is 6.03 Å². The monoisotopic (exact) mass is 322 g/mol. The fraction of sp³-hybridized carbons (Fsp3) is 0.812. The van der Waals surface area contributed by atoms with E-state index >= 15 is 0 Å². The fourth-order valence-corrected chi connectivity index (χ4v) is 3.86. The molecule has 1 aliphatic heterocycles. The Bertz CT molecular complexity index is 525. The van der Waals surface area contributed by atoms with Crippen LogP contribution in [0.5, 0.6) is 0 Å². The average molecular weight is 322 g/mol. The maximum Gasteiger partial charge on any atom is 0.325 e. The van der Waals surface area contributed by atoms with E-state index < -0.39 is 17.1 Å². The van der Waals surface area contributed by atoms with Crippen LogP contribution in [0, 0.1) is 5.92 Å². The molecule has 0 radical (unpaired) electrons. The van der Waals surface area contributed by atoms with E-state index in [1.165, 1.54) is 0 Å². The number of amides is 4. The van der Waals surface area contributed by atoms with Gasteiger partial charge in [-0.25, -0.2) is 4.79 Å². The minimum absolute atomic E-state index is 0.227. The van der Waals surface area contributed by atoms with Crippen molar-refractivity contribution in [2.24, 2.45) is 11.7 Å². The van der Waals surface area contributed by atoms with E-state index in [1.807, 2.05) is 6.92 Å². The first-order valence-corrected chi connectivity index (χ1v) is 8.55. The number of carbonyl (C=O) groups excluding carboxylic acids is 3. The van der Waals surface area contributed by atoms with Crippen LogP contribution in [0.3, 0.4) is 0 Å². The van der Waals surface area contributed by atoms with Gasteiger partial charge < -0.3 is 16.4 Å². The largest absolute Gasteiger partial charge is 0.348 e. The number of hydrogen-bond acceptors (Lipinski definition) is 4. The highest BCUT2D eigenvalue weighted by molar-refractivity contribution is 6.09. The van der Waals surface area contributed by atoms with Crippen molar-refractivity contribution in [3.63, 3.8) is 0 Å². The summed E-state index contributed by atoms with van der Waals surface area (Å²) in [7, 11) is 0. The lowest BCUT2D eigenvalue weighted by Crippen LogP contribution is -2.56. The predicted octanol–water partition coefficient (Wildman–Crippen LogP) is 0.485. The van der Waals surface area contributed by atoms with Gasteiger partial charge in [-0.1, -0.05) is 19.3 Å². The topological polar surface area (TPSA) is 105 Å². The molecule has 4 N–H and O–H groups in total. The molecular formula is C16H26N4O3. The van der Waals surface area contributed by atoms with Crippen molar-refractivity contribution in [1.82, 2.24) is 15.5 Å². The molecule has 3 rings (SSSR count). The molecule has 0 aromatic carbocycles. The van der Waals surface area contributed by atoms with E-state index in [0.717, 1.165) is 37.0 Å². The van der Waals surface area contributed by atoms with Crippen molar-refractivity contribution >= 4 is 17.8 Å². The zero-order chi connectivity index (χ0) is 16.7. The van der Waals surface area contributed by atoms with Gasteiger partial charge in [-0.3, -0.25) is 14.5 Å². The van der Waals surface area contributed by atoms with Gasteiger partial charge in [-0.05, 0) is 38.5 Å². The maximum atomic E-state index is 12.6. The molecule has 0 bridgehead atoms. The third-order valence-electron chi connectivity index (χ3n) is 5.58. The molecule has 23 heavy (non-hydrogen) atoms. The van der Waals surface area contributed by atoms with Crippen molar-refractivity contribution < 1.29 is 14.4 Å². The van der Waals surface area contributed by atoms with Crippen LogP contribution < -0.4 is 16.4 Å². The fourth-order valence-electron chi connectivity index (χ4n) is 3.86. The number of nitrogens with two attached hydrogens (primary N) is 1. The number of nitrogens with zero attached hydrogens (tertiary/aromatic N) is 1. The second kappa shape index (κ2) is 5.78. The van der Waals surface area contributed by atoms with E-state index in [4.69, 9.17) is 5.73 Å². The third-order valence-corrected chi connectivity index (χ3v) is 5.58. The summed E-state index contributed by atoms with van der Waals surface area (Å²) in [5, 5.41) is 5.75. The summed E-state index contributed by atoms with van der Waals surface area (Å²) in [5.41, 5.74) is 4.58. The number of rotatable bonds is 5. The zero-order valence-electron chi connectivity index (χ0n) is 13.7. The molecule has 3 aliphatic rings. The van der Waals surface area contributed by atoms with E-state index in [-0.39, 0.29) is 18.4 Å². The van der Waals surface area contributed by atoms with Crippen LogP contribution >= 0.6 is 0 Å². The molecular weight excluding hydrogens is 296 g/mol. The maximum absolute atomic E-state index is 12.6. The molecule has 0 aromatic heterocycles. The number of hydrogen-bond donors (Lipinski definition) is 3. The number of urea groups is 1. The SMILES string of the molecule is CC(CN)(NC(=O)CN1C(=O)NC2(CCCCC2)C1=O)C1CC1. The Morgan fingerprint density at radius 2 is 2.00 bits per heavy atom. The van der Waals surface area contributed by atoms with Gasteiger partial charge in [0.15, 0.2) is 0 Å². The smallest absolute Gasteiger partial charge is 0.325 e. The third kappa shape index (κ3) is 2.94. The molecule has 7 heteroatoms. The predicted molar refractivity (Wildman–Crippen MR) is 84.4 cm³/mol. The number of imide groups is 1. The van der Waals surface area contributed by atoms with Crippen LogP contribution in [0.4, 0.5) is 4.79 Å². The second-order valence-electron chi connectivity index (χ2n) is 7.41. The van der Waals surface area contributed by atoms with E-state index in [2.05, 4.69) is 10.6 Å². The Morgan fingerprint density at radius 1 is 1.35 bits per heavy atom. The normalized spacial score (nSPS) is 26.1. The van der Waals surface area contributed by atoms with Crippen LogP contribution in [-0.4, -0.2) is 46.9 Å². The Balaban J connectivity index is 1.64. The summed E-state index contributed by atoms with van der Waals surface area (Å²) in [6.07, 6.45) is 6.39. The molecule has 4 amide bonds. The number of carbonyl (C=O) groups is 3. The molecule has 1 unspecified atom stereocenters. The van der Waals surface area contributed by atoms with Crippen LogP contribution in [-0.2, 0) is 9.59 Å². The standard InChI is InChI=1S/C16H26N4O3/c1-15(10-17,11-5-6-11)18-12(21)9-20-13(22)16(19-14(20)23)7-3-2-4-8-16/h11H,2-10,17H2,1H3,(H,18,21)(H,19,23). The molecule has 3 fully saturated rings. The highest BCUT2D eigenvalue weighted by atomic mass is 16.2. The Labute approximate surface area is 136 Å². The molecule has 1 spiro atoms. The lowest BCUT2D eigenvalue weighted by Gasteiger charge is -2.31. The van der Waals surface area contributed by atoms with Gasteiger partial charge in [0.1, 0.15) is 12.1 Å². The summed E-state index contributed by atoms with van der Waals surface area (Å²) >= 11 is 0. The minimum Gasteiger partial charge on any atom is -0.348 e. The molecule has 1 saturated heterocycles. The Hall–Kier alpha value is -1.63. The minimum atomic E-state index is -0.775. The van der Waals surface area contributed by atoms with Crippen LogP contribution in [0.1, 0.15) is 51.9 Å². The highest BCUT2D eigenvalue weighted by Crippen LogP contribution is 2.39. The van der Waals surface area contributed by atoms with Crippen molar-refractivity contribution in [2.75, 3.05) is 13.1 Å². The van der Waals surface area contributed by atoms with Gasteiger partial charge in [0.25, 0.3) is 5.91 Å². The average Bonchev–Trinajstić information content (AvgIpc) is 3.35. The first kappa shape index (κ1) is 16.2. The van der Waals surface area contributed by atoms with Crippen LogP contribution in [0.15, 0.2) is 0 Å². The van der Waals surface area contributed by atoms with Crippen LogP contribution in [0.2, 0.25) is 0 Å². The van der Waals surface area contributed by atoms with Gasteiger partial charge in [-0.2, -0.15) is 0 Å². The molecule has 0 aromatic rings. The quantitative estimate of drug-likeness (QED) is 0.640. The van der Waals surface area contributed by atoms with Gasteiger partial charge in [-0.15, -0.1) is 0 Å². The lowest BCUT2D eigenvalue weighted by molar-refractivity contribution is -0.136. The van der Waals surface area contributed by atoms with E-state index in [9.17, 15) is 14.4 Å². The van der Waals surface area contributed by atoms with E-state index in [0.29, 0.717) is 25.3 Å². The number of nitrogens with one attached hydrogen (secondary N) is 2. The lowest BCUT2D eigenvalue weighted by atomic mass is 9.82. The first-order valence-electron chi connectivity index (χ1n) is 8.55. The molecule has 1 heterocycles. The summed E-state index contributed by atoms with van der Waals surface area (Å²) in [4.78, 5) is 38.2. The van der Waals surface area contributed by atoms with Gasteiger partial charge in [0, 0.05) is 6.54 Å². The molecule has 128 valence electrons. The Kier molecular flexibility index (Phi) is 4.08. The zero-order valence-corrected chi connectivity index (χ0v) is 13.7. The van der Waals surface area contributed by atoms with Crippen molar-refractivity contribution in [3.05, 3.63) is 0 Å². The molecule has 1 atom stereocenters. The summed E-state index contributed by atoms with van der Waals surface area (Å²) in [6, 6.07) is -0.451. The van der Waals surface area contributed by atoms with Crippen molar-refractivity contribution in [1.29, 1.82) is 0 Å². The highest BCUT2D eigenvalue weighted by Gasteiger charge is 2.52. The summed E-state index contributed by atoms with van der Waals surface area (Å²) in [5.74, 6) is -0.177. The van der Waals surface area contributed by atoms with Crippen molar-refractivity contribution in [3.8, 4) is 0 Å². The van der Waals surface area contributed by atoms with Crippen molar-refractivity contribution in [2.45, 2.75) is 62.9 Å². The first-order chi connectivity index (χ1) is 10.9. The second-order valence-corrected chi connectivity index (χ2v) is 7.41. The molecule has 7 nitrogen and oxygen atoms in total. The van der Waals surface area contributed by atoms with E-state index in [1.54, 1.807) is 0 Å². The molecule has 2 saturated carbocycles. The van der Waals surface area contributed by atoms with Crippen LogP contribution in [0.25, 0.3) is 0 Å². The summed E-state index contributed by atoms with van der Waals surface area (Å²) in [6.45, 7) is 2.05. The Morgan fingerprint density at radius 3 is 2.57 bits per heavy atom. The summed E-state index contributed by atoms with van der Waals surface area (Å²) < 4.78 is 0. The molecule has 2 aliphatic carbocycles. The van der Waals surface area contributed by atoms with Gasteiger partial charge in [0.2, 0.25) is 5.91 Å².